The van der Waals surface area contributed by atoms with Gasteiger partial charge in [-0.05, 0) is 29.8 Å². The van der Waals surface area contributed by atoms with Gasteiger partial charge in [0.15, 0.2) is 0 Å². The predicted octanol–water partition coefficient (Wildman–Crippen LogP) is 3.47. The Morgan fingerprint density at radius 1 is 1.09 bits per heavy atom. The number of halogens is 1. The molecule has 0 aliphatic rings. The fourth-order valence-corrected chi connectivity index (χ4v) is 1.95. The molecule has 0 saturated carbocycles. The van der Waals surface area contributed by atoms with Crippen molar-refractivity contribution in [2.45, 2.75) is 6.61 Å². The second-order valence-electron chi connectivity index (χ2n) is 4.56. The van der Waals surface area contributed by atoms with Crippen molar-refractivity contribution in [1.82, 2.24) is 15.0 Å². The zero-order valence-corrected chi connectivity index (χ0v) is 12.4. The van der Waals surface area contributed by atoms with Crippen molar-refractivity contribution in [2.75, 3.05) is 0 Å². The number of rotatable bonds is 5. The van der Waals surface area contributed by atoms with Crippen molar-refractivity contribution in [3.63, 3.8) is 0 Å². The number of aromatic nitrogens is 3. The highest BCUT2D eigenvalue weighted by atomic mass is 35.5. The smallest absolute Gasteiger partial charge is 0.142 e. The molecule has 0 N–H and O–H groups in total. The highest BCUT2D eigenvalue weighted by Crippen LogP contribution is 2.10. The summed E-state index contributed by atoms with van der Waals surface area (Å²) >= 11 is 5.82. The maximum Gasteiger partial charge on any atom is 0.142 e. The van der Waals surface area contributed by atoms with Crippen molar-refractivity contribution < 1.29 is 4.84 Å². The predicted molar refractivity (Wildman–Crippen MR) is 85.2 cm³/mol. The molecule has 0 aliphatic heterocycles. The van der Waals surface area contributed by atoms with E-state index in [1.54, 1.807) is 10.9 Å². The van der Waals surface area contributed by atoms with Crippen LogP contribution < -0.4 is 0 Å². The molecule has 0 atom stereocenters. The molecule has 0 bridgehead atoms. The lowest BCUT2D eigenvalue weighted by Gasteiger charge is -1.99. The van der Waals surface area contributed by atoms with Crippen molar-refractivity contribution in [2.24, 2.45) is 5.16 Å². The Hall–Kier alpha value is -2.66. The van der Waals surface area contributed by atoms with Gasteiger partial charge >= 0.3 is 0 Å². The second-order valence-corrected chi connectivity index (χ2v) is 4.99. The van der Waals surface area contributed by atoms with Gasteiger partial charge in [-0.3, -0.25) is 0 Å². The maximum absolute atomic E-state index is 5.82. The average molecular weight is 313 g/mol. The normalized spacial score (nSPS) is 11.0. The van der Waals surface area contributed by atoms with Crippen LogP contribution in [-0.4, -0.2) is 21.2 Å². The fraction of sp³-hybridized carbons (Fsp3) is 0.0625. The third-order valence-corrected chi connectivity index (χ3v) is 3.19. The molecule has 22 heavy (non-hydrogen) atoms. The molecule has 0 unspecified atom stereocenters. The Morgan fingerprint density at radius 2 is 1.86 bits per heavy atom. The van der Waals surface area contributed by atoms with Crippen LogP contribution in [-0.2, 0) is 11.4 Å². The molecule has 5 nitrogen and oxygen atoms in total. The minimum Gasteiger partial charge on any atom is -0.391 e. The van der Waals surface area contributed by atoms with Crippen LogP contribution >= 0.6 is 11.6 Å². The van der Waals surface area contributed by atoms with Gasteiger partial charge in [0.2, 0.25) is 0 Å². The number of hydrogen-bond acceptors (Lipinski definition) is 4. The van der Waals surface area contributed by atoms with Crippen LogP contribution in [0.1, 0.15) is 11.3 Å². The summed E-state index contributed by atoms with van der Waals surface area (Å²) in [5.41, 5.74) is 2.56. The molecule has 3 rings (SSSR count). The van der Waals surface area contributed by atoms with E-state index in [1.807, 2.05) is 54.6 Å². The van der Waals surface area contributed by atoms with Gasteiger partial charge in [0.05, 0.1) is 18.1 Å². The fourth-order valence-electron chi connectivity index (χ4n) is 1.83. The monoisotopic (exact) mass is 312 g/mol. The number of oxime groups is 1. The Bertz CT molecular complexity index is 753. The molecule has 6 heteroatoms. The van der Waals surface area contributed by atoms with Crippen LogP contribution in [0.2, 0.25) is 5.02 Å². The molecule has 2 aromatic carbocycles. The summed E-state index contributed by atoms with van der Waals surface area (Å²) < 4.78 is 1.68. The molecule has 1 aromatic heterocycles. The van der Waals surface area contributed by atoms with E-state index in [9.17, 15) is 0 Å². The van der Waals surface area contributed by atoms with Gasteiger partial charge in [0, 0.05) is 5.02 Å². The minimum absolute atomic E-state index is 0.375. The molecule has 0 fully saturated rings. The first-order chi connectivity index (χ1) is 10.8. The van der Waals surface area contributed by atoms with Crippen LogP contribution in [0.5, 0.6) is 0 Å². The topological polar surface area (TPSA) is 52.3 Å². The van der Waals surface area contributed by atoms with Gasteiger partial charge in [-0.25, -0.2) is 4.68 Å². The number of nitrogens with zero attached hydrogens (tertiary/aromatic N) is 4. The molecule has 0 saturated heterocycles. The third-order valence-electron chi connectivity index (χ3n) is 2.94. The first-order valence-corrected chi connectivity index (χ1v) is 7.06. The Kier molecular flexibility index (Phi) is 4.46. The van der Waals surface area contributed by atoms with Gasteiger partial charge in [-0.15, -0.1) is 5.10 Å². The van der Waals surface area contributed by atoms with Crippen molar-refractivity contribution in [3.8, 4) is 5.69 Å². The molecule has 0 aliphatic carbocycles. The van der Waals surface area contributed by atoms with Crippen LogP contribution in [0, 0.1) is 0 Å². The maximum atomic E-state index is 5.82. The summed E-state index contributed by atoms with van der Waals surface area (Å²) in [4.78, 5) is 5.23. The number of para-hydroxylation sites is 1. The molecule has 110 valence electrons. The Morgan fingerprint density at radius 3 is 2.64 bits per heavy atom. The number of hydrogen-bond donors (Lipinski definition) is 0. The van der Waals surface area contributed by atoms with Crippen molar-refractivity contribution >= 4 is 17.8 Å². The van der Waals surface area contributed by atoms with Crippen LogP contribution in [0.4, 0.5) is 0 Å². The summed E-state index contributed by atoms with van der Waals surface area (Å²) in [6.07, 6.45) is 3.31. The van der Waals surface area contributed by atoms with Gasteiger partial charge in [-0.1, -0.05) is 52.3 Å². The quantitative estimate of drug-likeness (QED) is 0.535. The molecular weight excluding hydrogens is 300 g/mol. The lowest BCUT2D eigenvalue weighted by atomic mass is 10.2. The van der Waals surface area contributed by atoms with Crippen LogP contribution in [0.25, 0.3) is 5.69 Å². The molecule has 0 spiro atoms. The van der Waals surface area contributed by atoms with E-state index in [4.69, 9.17) is 16.4 Å². The van der Waals surface area contributed by atoms with E-state index in [0.717, 1.165) is 11.3 Å². The SMILES string of the molecule is Clc1ccc(CON=Cc2cn(-c3ccccc3)nn2)cc1. The van der Waals surface area contributed by atoms with Crippen molar-refractivity contribution in [3.05, 3.63) is 77.1 Å². The third kappa shape index (κ3) is 3.71. The van der Waals surface area contributed by atoms with Gasteiger partial charge in [0.25, 0.3) is 0 Å². The van der Waals surface area contributed by atoms with E-state index in [2.05, 4.69) is 15.5 Å². The zero-order chi connectivity index (χ0) is 15.2. The number of benzene rings is 2. The largest absolute Gasteiger partial charge is 0.391 e. The van der Waals surface area contributed by atoms with Crippen molar-refractivity contribution in [1.29, 1.82) is 0 Å². The summed E-state index contributed by atoms with van der Waals surface area (Å²) in [6, 6.07) is 17.2. The lowest BCUT2D eigenvalue weighted by Crippen LogP contribution is -1.93. The van der Waals surface area contributed by atoms with E-state index < -0.39 is 0 Å². The molecule has 0 radical (unpaired) electrons. The molecule has 0 amide bonds. The lowest BCUT2D eigenvalue weighted by molar-refractivity contribution is 0.132. The summed E-state index contributed by atoms with van der Waals surface area (Å²) in [6.45, 7) is 0.375. The van der Waals surface area contributed by atoms with Gasteiger partial charge < -0.3 is 4.84 Å². The first-order valence-electron chi connectivity index (χ1n) is 6.69. The van der Waals surface area contributed by atoms with Crippen LogP contribution in [0.3, 0.4) is 0 Å². The zero-order valence-electron chi connectivity index (χ0n) is 11.6. The summed E-state index contributed by atoms with van der Waals surface area (Å²) in [7, 11) is 0. The highest BCUT2D eigenvalue weighted by Gasteiger charge is 2.00. The Labute approximate surface area is 132 Å². The minimum atomic E-state index is 0.375. The Balaban J connectivity index is 1.57. The summed E-state index contributed by atoms with van der Waals surface area (Å²) in [5.74, 6) is 0. The van der Waals surface area contributed by atoms with Gasteiger partial charge in [0.1, 0.15) is 12.3 Å². The standard InChI is InChI=1S/C16H13ClN4O/c17-14-8-6-13(7-9-14)12-22-18-10-15-11-21(20-19-15)16-4-2-1-3-5-16/h1-11H,12H2. The summed E-state index contributed by atoms with van der Waals surface area (Å²) in [5, 5.41) is 12.6. The highest BCUT2D eigenvalue weighted by molar-refractivity contribution is 6.30. The second kappa shape index (κ2) is 6.87. The average Bonchev–Trinajstić information content (AvgIpc) is 3.03. The molecule has 1 heterocycles. The first kappa shape index (κ1) is 14.3. The molecular formula is C16H13ClN4O. The van der Waals surface area contributed by atoms with Crippen LogP contribution in [0.15, 0.2) is 65.9 Å². The van der Waals surface area contributed by atoms with E-state index in [0.29, 0.717) is 17.3 Å². The van der Waals surface area contributed by atoms with E-state index in [-0.39, 0.29) is 0 Å². The van der Waals surface area contributed by atoms with E-state index >= 15 is 0 Å². The molecule has 3 aromatic rings. The van der Waals surface area contributed by atoms with E-state index in [1.165, 1.54) is 6.21 Å². The van der Waals surface area contributed by atoms with Gasteiger partial charge in [-0.2, -0.15) is 0 Å².